The molecule has 6 rings (SSSR count). The molecule has 0 bridgehead atoms. The average Bonchev–Trinajstić information content (AvgIpc) is 3.66. The number of nitrogens with one attached hydrogen (secondary N) is 2. The molecule has 9 nitrogen and oxygen atoms in total. The van der Waals surface area contributed by atoms with E-state index in [2.05, 4.69) is 25.3 Å². The van der Waals surface area contributed by atoms with Gasteiger partial charge >= 0.3 is 0 Å². The molecule has 0 saturated carbocycles. The maximum absolute atomic E-state index is 13.0. The fourth-order valence-electron chi connectivity index (χ4n) is 4.54. The third-order valence-electron chi connectivity index (χ3n) is 6.48. The van der Waals surface area contributed by atoms with Crippen LogP contribution < -0.4 is 10.1 Å². The number of phenols is 1. The number of benzene rings is 3. The first-order valence-corrected chi connectivity index (χ1v) is 12.3. The van der Waals surface area contributed by atoms with Gasteiger partial charge in [0.2, 0.25) is 5.88 Å². The molecule has 0 aliphatic rings. The van der Waals surface area contributed by atoms with E-state index < -0.39 is 0 Å². The van der Waals surface area contributed by atoms with Gasteiger partial charge in [0.15, 0.2) is 0 Å². The SMILES string of the molecule is COc1ncccc1-c1ccc(O)c(-c2nc3ccc(C(=O)NCc4ccccc4-n4ccnc4)cc3[nH]2)c1. The molecule has 0 radical (unpaired) electrons. The first-order chi connectivity index (χ1) is 19.1. The molecule has 3 heterocycles. The Morgan fingerprint density at radius 1 is 1.03 bits per heavy atom. The zero-order valence-corrected chi connectivity index (χ0v) is 21.0. The predicted molar refractivity (Wildman–Crippen MR) is 148 cm³/mol. The average molecular weight is 517 g/mol. The number of ether oxygens (including phenoxy) is 1. The van der Waals surface area contributed by atoms with Gasteiger partial charge in [-0.2, -0.15) is 0 Å². The Balaban J connectivity index is 1.26. The number of phenolic OH excluding ortho intramolecular Hbond substituents is 1. The Labute approximate surface area is 223 Å². The number of imidazole rings is 2. The lowest BCUT2D eigenvalue weighted by atomic mass is 10.0. The normalized spacial score (nSPS) is 11.0. The van der Waals surface area contributed by atoms with E-state index in [9.17, 15) is 9.90 Å². The van der Waals surface area contributed by atoms with E-state index in [0.29, 0.717) is 40.4 Å². The first kappa shape index (κ1) is 23.9. The van der Waals surface area contributed by atoms with Crippen molar-refractivity contribution in [3.63, 3.8) is 0 Å². The number of fused-ring (bicyclic) bond motifs is 1. The van der Waals surface area contributed by atoms with E-state index in [1.54, 1.807) is 56.2 Å². The van der Waals surface area contributed by atoms with Gasteiger partial charge in [0.1, 0.15) is 11.6 Å². The monoisotopic (exact) mass is 516 g/mol. The van der Waals surface area contributed by atoms with Gasteiger partial charge in [-0.15, -0.1) is 0 Å². The van der Waals surface area contributed by atoms with Gasteiger partial charge in [-0.25, -0.2) is 15.0 Å². The Hall–Kier alpha value is -5.44. The van der Waals surface area contributed by atoms with Gasteiger partial charge in [0, 0.05) is 36.3 Å². The van der Waals surface area contributed by atoms with E-state index in [-0.39, 0.29) is 11.7 Å². The highest BCUT2D eigenvalue weighted by molar-refractivity contribution is 5.97. The number of aromatic amines is 1. The number of para-hydroxylation sites is 1. The molecule has 1 amide bonds. The summed E-state index contributed by atoms with van der Waals surface area (Å²) in [4.78, 5) is 29.3. The van der Waals surface area contributed by atoms with Crippen LogP contribution >= 0.6 is 0 Å². The number of hydrogen-bond acceptors (Lipinski definition) is 6. The minimum Gasteiger partial charge on any atom is -0.507 e. The lowest BCUT2D eigenvalue weighted by Gasteiger charge is -2.11. The molecule has 0 fully saturated rings. The van der Waals surface area contributed by atoms with E-state index >= 15 is 0 Å². The zero-order chi connectivity index (χ0) is 26.8. The molecule has 192 valence electrons. The maximum Gasteiger partial charge on any atom is 0.251 e. The van der Waals surface area contributed by atoms with Crippen LogP contribution in [0.2, 0.25) is 0 Å². The summed E-state index contributed by atoms with van der Waals surface area (Å²) in [6.45, 7) is 0.359. The summed E-state index contributed by atoms with van der Waals surface area (Å²) in [6, 6.07) is 22.1. The second-order valence-corrected chi connectivity index (χ2v) is 8.89. The minimum absolute atomic E-state index is 0.0789. The van der Waals surface area contributed by atoms with Crippen molar-refractivity contribution in [2.24, 2.45) is 0 Å². The number of amides is 1. The van der Waals surface area contributed by atoms with Crippen LogP contribution in [0.15, 0.2) is 97.7 Å². The van der Waals surface area contributed by atoms with Crippen LogP contribution in [0.5, 0.6) is 11.6 Å². The standard InChI is InChI=1S/C30H24N6O3/c1-39-30-22(6-4-12-32-30)19-9-11-27(37)23(15-19)28-34-24-10-8-20(16-25(24)35-28)29(38)33-17-21-5-2-3-7-26(21)36-14-13-31-18-36/h2-16,18,37H,17H2,1H3,(H,33,38)(H,34,35). The van der Waals surface area contributed by atoms with Crippen molar-refractivity contribution in [2.45, 2.75) is 6.54 Å². The summed E-state index contributed by atoms with van der Waals surface area (Å²) < 4.78 is 7.30. The van der Waals surface area contributed by atoms with Gasteiger partial charge in [0.05, 0.1) is 35.7 Å². The molecule has 39 heavy (non-hydrogen) atoms. The van der Waals surface area contributed by atoms with Crippen molar-refractivity contribution >= 4 is 16.9 Å². The fourth-order valence-corrected chi connectivity index (χ4v) is 4.54. The number of aromatic hydroxyl groups is 1. The lowest BCUT2D eigenvalue weighted by molar-refractivity contribution is 0.0951. The van der Waals surface area contributed by atoms with Crippen molar-refractivity contribution in [3.05, 3.63) is 109 Å². The van der Waals surface area contributed by atoms with Crippen molar-refractivity contribution in [3.8, 4) is 39.8 Å². The molecule has 9 heteroatoms. The molecule has 0 aliphatic carbocycles. The van der Waals surface area contributed by atoms with Gasteiger partial charge in [-0.05, 0) is 59.7 Å². The van der Waals surface area contributed by atoms with Crippen LogP contribution in [0.25, 0.3) is 39.2 Å². The minimum atomic E-state index is -0.206. The zero-order valence-electron chi connectivity index (χ0n) is 21.0. The number of H-pyrrole nitrogens is 1. The van der Waals surface area contributed by atoms with Crippen LogP contribution in [0.1, 0.15) is 15.9 Å². The third-order valence-corrected chi connectivity index (χ3v) is 6.48. The van der Waals surface area contributed by atoms with Crippen molar-refractivity contribution in [1.82, 2.24) is 29.8 Å². The molecule has 0 aliphatic heterocycles. The van der Waals surface area contributed by atoms with E-state index in [4.69, 9.17) is 4.74 Å². The summed E-state index contributed by atoms with van der Waals surface area (Å²) in [5.74, 6) is 0.846. The molecule has 6 aromatic rings. The lowest BCUT2D eigenvalue weighted by Crippen LogP contribution is -2.23. The Bertz CT molecular complexity index is 1790. The summed E-state index contributed by atoms with van der Waals surface area (Å²) in [6.07, 6.45) is 6.97. The highest BCUT2D eigenvalue weighted by atomic mass is 16.5. The van der Waals surface area contributed by atoms with Crippen LogP contribution in [0, 0.1) is 0 Å². The Morgan fingerprint density at radius 3 is 2.77 bits per heavy atom. The van der Waals surface area contributed by atoms with Gasteiger partial charge in [-0.3, -0.25) is 4.79 Å². The van der Waals surface area contributed by atoms with Crippen LogP contribution in [-0.2, 0) is 6.54 Å². The molecule has 0 atom stereocenters. The van der Waals surface area contributed by atoms with Gasteiger partial charge in [0.25, 0.3) is 5.91 Å². The van der Waals surface area contributed by atoms with Crippen LogP contribution in [-0.4, -0.2) is 42.6 Å². The smallest absolute Gasteiger partial charge is 0.251 e. The summed E-state index contributed by atoms with van der Waals surface area (Å²) in [5, 5.41) is 13.6. The molecular formula is C30H24N6O3. The maximum atomic E-state index is 13.0. The van der Waals surface area contributed by atoms with Crippen LogP contribution in [0.4, 0.5) is 0 Å². The number of carbonyl (C=O) groups excluding carboxylic acids is 1. The molecule has 3 N–H and O–H groups in total. The van der Waals surface area contributed by atoms with Crippen molar-refractivity contribution in [2.75, 3.05) is 7.11 Å². The highest BCUT2D eigenvalue weighted by Gasteiger charge is 2.15. The molecule has 0 saturated heterocycles. The summed E-state index contributed by atoms with van der Waals surface area (Å²) in [7, 11) is 1.57. The highest BCUT2D eigenvalue weighted by Crippen LogP contribution is 2.35. The fraction of sp³-hybridized carbons (Fsp3) is 0.0667. The summed E-state index contributed by atoms with van der Waals surface area (Å²) in [5.41, 5.74) is 5.92. The largest absolute Gasteiger partial charge is 0.507 e. The quantitative estimate of drug-likeness (QED) is 0.271. The van der Waals surface area contributed by atoms with E-state index in [1.807, 2.05) is 53.2 Å². The van der Waals surface area contributed by atoms with Gasteiger partial charge in [-0.1, -0.05) is 24.3 Å². The summed E-state index contributed by atoms with van der Waals surface area (Å²) >= 11 is 0. The Kier molecular flexibility index (Phi) is 6.22. The molecular weight excluding hydrogens is 492 g/mol. The molecule has 3 aromatic heterocycles. The second-order valence-electron chi connectivity index (χ2n) is 8.89. The van der Waals surface area contributed by atoms with Crippen LogP contribution in [0.3, 0.4) is 0 Å². The molecule has 0 unspecified atom stereocenters. The van der Waals surface area contributed by atoms with Crippen molar-refractivity contribution < 1.29 is 14.6 Å². The van der Waals surface area contributed by atoms with E-state index in [0.717, 1.165) is 22.4 Å². The van der Waals surface area contributed by atoms with E-state index in [1.165, 1.54) is 0 Å². The number of pyridine rings is 1. The second kappa shape index (κ2) is 10.1. The molecule has 0 spiro atoms. The Morgan fingerprint density at radius 2 is 1.92 bits per heavy atom. The number of hydrogen-bond donors (Lipinski definition) is 3. The van der Waals surface area contributed by atoms with Gasteiger partial charge < -0.3 is 24.7 Å². The first-order valence-electron chi connectivity index (χ1n) is 12.3. The topological polar surface area (TPSA) is 118 Å². The number of nitrogens with zero attached hydrogens (tertiary/aromatic N) is 4. The third kappa shape index (κ3) is 4.69. The predicted octanol–water partition coefficient (Wildman–Crippen LogP) is 5.12. The number of rotatable bonds is 7. The van der Waals surface area contributed by atoms with Crippen molar-refractivity contribution in [1.29, 1.82) is 0 Å². The number of carbonyl (C=O) groups is 1. The molecule has 3 aromatic carbocycles. The number of aromatic nitrogens is 5. The number of methoxy groups -OCH3 is 1.